The summed E-state index contributed by atoms with van der Waals surface area (Å²) in [5.74, 6) is -3.97. The van der Waals surface area contributed by atoms with E-state index in [1.165, 1.54) is 18.2 Å². The van der Waals surface area contributed by atoms with Crippen LogP contribution < -0.4 is 4.74 Å². The first-order valence-electron chi connectivity index (χ1n) is 8.61. The maximum Gasteiger partial charge on any atom is 0.307 e. The molecular weight excluding hydrogens is 409 g/mol. The van der Waals surface area contributed by atoms with Gasteiger partial charge in [-0.25, -0.2) is 26.9 Å². The number of aliphatic carboxylic acids is 1. The van der Waals surface area contributed by atoms with Crippen molar-refractivity contribution in [1.29, 1.82) is 0 Å². The molecule has 9 heteroatoms. The molecule has 0 aliphatic carbocycles. The van der Waals surface area contributed by atoms with Crippen LogP contribution in [0.25, 0.3) is 11.3 Å². The van der Waals surface area contributed by atoms with E-state index >= 15 is 0 Å². The number of ether oxygens (including phenoxy) is 1. The van der Waals surface area contributed by atoms with E-state index in [4.69, 9.17) is 9.84 Å². The number of hydrogen-bond donors (Lipinski definition) is 1. The predicted molar refractivity (Wildman–Crippen MR) is 96.6 cm³/mol. The minimum Gasteiger partial charge on any atom is -0.481 e. The Bertz CT molecular complexity index is 1090. The number of hydrogen-bond acceptors (Lipinski definition) is 3. The van der Waals surface area contributed by atoms with E-state index in [1.54, 1.807) is 0 Å². The maximum atomic E-state index is 14.4. The number of benzene rings is 2. The fourth-order valence-corrected chi connectivity index (χ4v) is 2.70. The Kier molecular flexibility index (Phi) is 6.29. The zero-order valence-corrected chi connectivity index (χ0v) is 15.2. The number of nitrogens with zero attached hydrogens (tertiary/aromatic N) is 1. The number of carboxylic acids is 1. The van der Waals surface area contributed by atoms with Crippen molar-refractivity contribution in [3.8, 4) is 17.1 Å². The summed E-state index contributed by atoms with van der Waals surface area (Å²) in [7, 11) is 0. The third-order valence-corrected chi connectivity index (χ3v) is 4.18. The number of carbonyl (C=O) groups is 1. The van der Waals surface area contributed by atoms with Crippen LogP contribution in [0.4, 0.5) is 22.0 Å². The molecule has 0 aliphatic rings. The highest BCUT2D eigenvalue weighted by Crippen LogP contribution is 2.27. The summed E-state index contributed by atoms with van der Waals surface area (Å²) >= 11 is 0. The monoisotopic (exact) mass is 423 g/mol. The van der Waals surface area contributed by atoms with E-state index in [0.717, 1.165) is 24.3 Å². The highest BCUT2D eigenvalue weighted by molar-refractivity contribution is 5.71. The number of alkyl halides is 2. The second-order valence-electron chi connectivity index (χ2n) is 6.30. The molecule has 0 aliphatic heterocycles. The highest BCUT2D eigenvalue weighted by Gasteiger charge is 2.16. The molecule has 2 aromatic carbocycles. The van der Waals surface area contributed by atoms with E-state index in [1.807, 2.05) is 0 Å². The van der Waals surface area contributed by atoms with Crippen molar-refractivity contribution in [2.45, 2.75) is 19.5 Å². The minimum absolute atomic E-state index is 0.0132. The lowest BCUT2D eigenvalue weighted by atomic mass is 10.0. The van der Waals surface area contributed by atoms with Crippen molar-refractivity contribution in [3.63, 3.8) is 0 Å². The molecule has 3 rings (SSSR count). The van der Waals surface area contributed by atoms with Crippen LogP contribution >= 0.6 is 0 Å². The van der Waals surface area contributed by atoms with E-state index in [9.17, 15) is 26.7 Å². The fourth-order valence-electron chi connectivity index (χ4n) is 2.70. The van der Waals surface area contributed by atoms with Gasteiger partial charge in [-0.05, 0) is 24.3 Å². The quantitative estimate of drug-likeness (QED) is 0.524. The van der Waals surface area contributed by atoms with Crippen LogP contribution in [0.15, 0.2) is 48.5 Å². The normalized spacial score (nSPS) is 11.0. The Morgan fingerprint density at radius 1 is 0.967 bits per heavy atom. The molecule has 156 valence electrons. The average Bonchev–Trinajstić information content (AvgIpc) is 2.69. The second kappa shape index (κ2) is 8.89. The molecule has 0 spiro atoms. The van der Waals surface area contributed by atoms with Crippen LogP contribution in [0, 0.1) is 17.5 Å². The Labute approximate surface area is 167 Å². The second-order valence-corrected chi connectivity index (χ2v) is 6.30. The molecule has 1 heterocycles. The van der Waals surface area contributed by atoms with Crippen LogP contribution in [0.3, 0.4) is 0 Å². The summed E-state index contributed by atoms with van der Waals surface area (Å²) < 4.78 is 72.9. The first-order valence-corrected chi connectivity index (χ1v) is 8.61. The standard InChI is InChI=1S/C21H14F5NO3/c22-15-6-11(21(25)26)4-5-12(15)10-30-19-3-1-2-18(27-19)14-9-16(23)13(7-17(14)24)8-20(28)29/h1-7,9,21H,8,10H2,(H,28,29). The summed E-state index contributed by atoms with van der Waals surface area (Å²) in [6, 6.07) is 8.82. The molecule has 0 fully saturated rings. The van der Waals surface area contributed by atoms with Gasteiger partial charge in [-0.2, -0.15) is 0 Å². The van der Waals surface area contributed by atoms with Crippen LogP contribution in [0.2, 0.25) is 0 Å². The summed E-state index contributed by atoms with van der Waals surface area (Å²) in [5, 5.41) is 8.74. The van der Waals surface area contributed by atoms with Gasteiger partial charge in [-0.15, -0.1) is 0 Å². The molecule has 0 atom stereocenters. The van der Waals surface area contributed by atoms with Gasteiger partial charge in [0.2, 0.25) is 5.88 Å². The van der Waals surface area contributed by atoms with Gasteiger partial charge in [0.05, 0.1) is 12.1 Å². The van der Waals surface area contributed by atoms with Gasteiger partial charge in [0.1, 0.15) is 24.1 Å². The SMILES string of the molecule is O=C(O)Cc1cc(F)c(-c2cccc(OCc3ccc(C(F)F)cc3F)n2)cc1F. The average molecular weight is 423 g/mol. The number of halogens is 5. The molecule has 0 unspecified atom stereocenters. The molecule has 1 aromatic heterocycles. The first kappa shape index (κ1) is 21.2. The number of carboxylic acid groups (broad SMARTS) is 1. The topological polar surface area (TPSA) is 59.4 Å². The molecule has 1 N–H and O–H groups in total. The van der Waals surface area contributed by atoms with Crippen LogP contribution in [0.1, 0.15) is 23.1 Å². The maximum absolute atomic E-state index is 14.4. The molecule has 30 heavy (non-hydrogen) atoms. The minimum atomic E-state index is -2.80. The molecule has 0 radical (unpaired) electrons. The number of pyridine rings is 1. The Morgan fingerprint density at radius 2 is 1.70 bits per heavy atom. The Morgan fingerprint density at radius 3 is 2.37 bits per heavy atom. The molecule has 4 nitrogen and oxygen atoms in total. The Hall–Kier alpha value is -3.49. The molecule has 3 aromatic rings. The third kappa shape index (κ3) is 4.91. The van der Waals surface area contributed by atoms with Gasteiger partial charge in [0.25, 0.3) is 6.43 Å². The lowest BCUT2D eigenvalue weighted by Crippen LogP contribution is -2.04. The largest absolute Gasteiger partial charge is 0.481 e. The van der Waals surface area contributed by atoms with E-state index < -0.39 is 41.8 Å². The lowest BCUT2D eigenvalue weighted by Gasteiger charge is -2.10. The van der Waals surface area contributed by atoms with Crippen molar-refractivity contribution in [2.24, 2.45) is 0 Å². The van der Waals surface area contributed by atoms with E-state index in [0.29, 0.717) is 6.07 Å². The van der Waals surface area contributed by atoms with Crippen LogP contribution in [0.5, 0.6) is 5.88 Å². The highest BCUT2D eigenvalue weighted by atomic mass is 19.3. The zero-order valence-electron chi connectivity index (χ0n) is 15.2. The summed E-state index contributed by atoms with van der Waals surface area (Å²) in [6.07, 6.45) is -3.47. The van der Waals surface area contributed by atoms with Gasteiger partial charge < -0.3 is 9.84 Å². The molecule has 0 saturated carbocycles. The molecular formula is C21H14F5NO3. The van der Waals surface area contributed by atoms with Crippen LogP contribution in [-0.4, -0.2) is 16.1 Å². The smallest absolute Gasteiger partial charge is 0.307 e. The van der Waals surface area contributed by atoms with Gasteiger partial charge in [0.15, 0.2) is 0 Å². The van der Waals surface area contributed by atoms with E-state index in [2.05, 4.69) is 4.98 Å². The van der Waals surface area contributed by atoms with Crippen LogP contribution in [-0.2, 0) is 17.8 Å². The van der Waals surface area contributed by atoms with E-state index in [-0.39, 0.29) is 34.9 Å². The zero-order chi connectivity index (χ0) is 21.8. The number of rotatable bonds is 7. The lowest BCUT2D eigenvalue weighted by molar-refractivity contribution is -0.136. The van der Waals surface area contributed by atoms with Crippen molar-refractivity contribution in [1.82, 2.24) is 4.98 Å². The van der Waals surface area contributed by atoms with Crippen molar-refractivity contribution in [3.05, 3.63) is 82.7 Å². The first-order chi connectivity index (χ1) is 14.2. The summed E-state index contributed by atoms with van der Waals surface area (Å²) in [6.45, 7) is -0.319. The summed E-state index contributed by atoms with van der Waals surface area (Å²) in [4.78, 5) is 14.8. The van der Waals surface area contributed by atoms with Gasteiger partial charge >= 0.3 is 5.97 Å². The van der Waals surface area contributed by atoms with Crippen molar-refractivity contribution in [2.75, 3.05) is 0 Å². The molecule has 0 amide bonds. The molecule has 0 saturated heterocycles. The fraction of sp³-hybridized carbons (Fsp3) is 0.143. The van der Waals surface area contributed by atoms with Gasteiger partial charge in [-0.1, -0.05) is 18.2 Å². The van der Waals surface area contributed by atoms with Gasteiger partial charge in [-0.3, -0.25) is 4.79 Å². The predicted octanol–water partition coefficient (Wildman–Crippen LogP) is 5.31. The number of aromatic nitrogens is 1. The Balaban J connectivity index is 1.80. The third-order valence-electron chi connectivity index (χ3n) is 4.18. The molecule has 0 bridgehead atoms. The van der Waals surface area contributed by atoms with Crippen molar-refractivity contribution >= 4 is 5.97 Å². The van der Waals surface area contributed by atoms with Gasteiger partial charge in [0, 0.05) is 28.3 Å². The summed E-state index contributed by atoms with van der Waals surface area (Å²) in [5.41, 5.74) is -0.945. The van der Waals surface area contributed by atoms with Crippen molar-refractivity contribution < 1.29 is 36.6 Å².